The van der Waals surface area contributed by atoms with Crippen molar-refractivity contribution in [2.24, 2.45) is 0 Å². The molecule has 1 aliphatic rings. The van der Waals surface area contributed by atoms with Crippen LogP contribution < -0.4 is 4.90 Å². The van der Waals surface area contributed by atoms with Crippen molar-refractivity contribution in [3.63, 3.8) is 0 Å². The molecule has 1 aromatic heterocycles. The van der Waals surface area contributed by atoms with Gasteiger partial charge in [-0.25, -0.2) is 4.98 Å². The highest BCUT2D eigenvalue weighted by atomic mass is 35.5. The molecule has 2 aromatic carbocycles. The normalized spacial score (nSPS) is 15.4. The van der Waals surface area contributed by atoms with Crippen molar-refractivity contribution in [2.75, 3.05) is 31.1 Å². The monoisotopic (exact) mass is 387 g/mol. The van der Waals surface area contributed by atoms with Gasteiger partial charge in [0.25, 0.3) is 0 Å². The molecule has 0 N–H and O–H groups in total. The summed E-state index contributed by atoms with van der Waals surface area (Å²) in [5.41, 5.74) is 2.05. The van der Waals surface area contributed by atoms with E-state index in [2.05, 4.69) is 20.9 Å². The average molecular weight is 388 g/mol. The summed E-state index contributed by atoms with van der Waals surface area (Å²) in [4.78, 5) is 9.09. The first-order chi connectivity index (χ1) is 12.7. The molecule has 1 fully saturated rings. The molecule has 6 heteroatoms. The maximum absolute atomic E-state index is 6.31. The van der Waals surface area contributed by atoms with Crippen LogP contribution in [0.4, 0.5) is 5.69 Å². The number of piperazine rings is 1. The molecule has 2 heterocycles. The quantitative estimate of drug-likeness (QED) is 0.632. The molecular formula is C20H19Cl2N3O. The van der Waals surface area contributed by atoms with Gasteiger partial charge in [0.05, 0.1) is 23.5 Å². The molecule has 0 atom stereocenters. The minimum atomic E-state index is 0.691. The molecule has 0 radical (unpaired) electrons. The second kappa shape index (κ2) is 7.70. The Balaban J connectivity index is 1.37. The minimum absolute atomic E-state index is 0.691. The molecule has 0 saturated carbocycles. The summed E-state index contributed by atoms with van der Waals surface area (Å²) < 4.78 is 5.91. The topological polar surface area (TPSA) is 32.5 Å². The number of anilines is 1. The van der Waals surface area contributed by atoms with Crippen LogP contribution in [0.15, 0.2) is 59.1 Å². The molecule has 4 rings (SSSR count). The predicted molar refractivity (Wildman–Crippen MR) is 106 cm³/mol. The zero-order valence-electron chi connectivity index (χ0n) is 14.2. The summed E-state index contributed by atoms with van der Waals surface area (Å²) in [7, 11) is 0. The van der Waals surface area contributed by atoms with E-state index in [1.165, 1.54) is 0 Å². The van der Waals surface area contributed by atoms with Gasteiger partial charge in [0.1, 0.15) is 0 Å². The average Bonchev–Trinajstić information content (AvgIpc) is 3.12. The highest BCUT2D eigenvalue weighted by Crippen LogP contribution is 2.27. The lowest BCUT2D eigenvalue weighted by molar-refractivity contribution is 0.227. The van der Waals surface area contributed by atoms with Gasteiger partial charge in [-0.3, -0.25) is 4.90 Å². The van der Waals surface area contributed by atoms with Gasteiger partial charge in [-0.1, -0.05) is 47.5 Å². The van der Waals surface area contributed by atoms with Crippen LogP contribution >= 0.6 is 23.2 Å². The van der Waals surface area contributed by atoms with E-state index < -0.39 is 0 Å². The highest BCUT2D eigenvalue weighted by Gasteiger charge is 2.20. The van der Waals surface area contributed by atoms with Crippen molar-refractivity contribution in [1.82, 2.24) is 9.88 Å². The molecule has 0 amide bonds. The van der Waals surface area contributed by atoms with E-state index >= 15 is 0 Å². The molecule has 26 heavy (non-hydrogen) atoms. The van der Waals surface area contributed by atoms with Crippen molar-refractivity contribution in [3.05, 3.63) is 70.7 Å². The first kappa shape index (κ1) is 17.4. The van der Waals surface area contributed by atoms with E-state index in [-0.39, 0.29) is 0 Å². The van der Waals surface area contributed by atoms with Crippen molar-refractivity contribution < 1.29 is 4.42 Å². The molecule has 0 bridgehead atoms. The minimum Gasteiger partial charge on any atom is -0.439 e. The van der Waals surface area contributed by atoms with Crippen LogP contribution in [-0.2, 0) is 6.54 Å². The standard InChI is InChI=1S/C20H19Cl2N3O/c21-16-5-3-4-15(12-16)19-13-23-20(26-19)14-24-8-10-25(11-9-24)18-7-2-1-6-17(18)22/h1-7,12-13H,8-11,14H2. The van der Waals surface area contributed by atoms with Crippen LogP contribution in [-0.4, -0.2) is 36.1 Å². The van der Waals surface area contributed by atoms with E-state index in [1.807, 2.05) is 42.5 Å². The van der Waals surface area contributed by atoms with Gasteiger partial charge in [0.2, 0.25) is 5.89 Å². The van der Waals surface area contributed by atoms with Crippen LogP contribution in [0.25, 0.3) is 11.3 Å². The Morgan fingerprint density at radius 3 is 2.54 bits per heavy atom. The van der Waals surface area contributed by atoms with Crippen LogP contribution in [0.1, 0.15) is 5.89 Å². The Labute approximate surface area is 163 Å². The number of para-hydroxylation sites is 1. The second-order valence-electron chi connectivity index (χ2n) is 6.34. The van der Waals surface area contributed by atoms with E-state index in [0.717, 1.165) is 54.1 Å². The van der Waals surface area contributed by atoms with Crippen molar-refractivity contribution in [2.45, 2.75) is 6.54 Å². The third kappa shape index (κ3) is 3.88. The lowest BCUT2D eigenvalue weighted by atomic mass is 10.2. The van der Waals surface area contributed by atoms with Gasteiger partial charge >= 0.3 is 0 Å². The van der Waals surface area contributed by atoms with Gasteiger partial charge in [-0.15, -0.1) is 0 Å². The zero-order chi connectivity index (χ0) is 17.9. The number of hydrogen-bond acceptors (Lipinski definition) is 4. The van der Waals surface area contributed by atoms with Crippen LogP contribution in [0.3, 0.4) is 0 Å². The SMILES string of the molecule is Clc1cccc(-c2cnc(CN3CCN(c4ccccc4Cl)CC3)o2)c1. The van der Waals surface area contributed by atoms with E-state index in [0.29, 0.717) is 11.6 Å². The fraction of sp³-hybridized carbons (Fsp3) is 0.250. The summed E-state index contributed by atoms with van der Waals surface area (Å²) in [6, 6.07) is 15.6. The highest BCUT2D eigenvalue weighted by molar-refractivity contribution is 6.33. The van der Waals surface area contributed by atoms with Gasteiger partial charge in [-0.05, 0) is 24.3 Å². The summed E-state index contributed by atoms with van der Waals surface area (Å²) in [5.74, 6) is 1.48. The predicted octanol–water partition coefficient (Wildman–Crippen LogP) is 4.97. The fourth-order valence-corrected chi connectivity index (χ4v) is 3.65. The van der Waals surface area contributed by atoms with Crippen LogP contribution in [0.5, 0.6) is 0 Å². The third-order valence-corrected chi connectivity index (χ3v) is 5.14. The second-order valence-corrected chi connectivity index (χ2v) is 7.19. The van der Waals surface area contributed by atoms with E-state index in [4.69, 9.17) is 27.6 Å². The lowest BCUT2D eigenvalue weighted by Crippen LogP contribution is -2.46. The molecule has 0 spiro atoms. The molecular weight excluding hydrogens is 369 g/mol. The van der Waals surface area contributed by atoms with Crippen molar-refractivity contribution in [3.8, 4) is 11.3 Å². The number of hydrogen-bond donors (Lipinski definition) is 0. The van der Waals surface area contributed by atoms with Gasteiger partial charge in [-0.2, -0.15) is 0 Å². The van der Waals surface area contributed by atoms with E-state index in [1.54, 1.807) is 6.20 Å². The number of nitrogens with zero attached hydrogens (tertiary/aromatic N) is 3. The van der Waals surface area contributed by atoms with Gasteiger partial charge < -0.3 is 9.32 Å². The third-order valence-electron chi connectivity index (χ3n) is 4.59. The molecule has 3 aromatic rings. The Morgan fingerprint density at radius 1 is 0.962 bits per heavy atom. The van der Waals surface area contributed by atoms with E-state index in [9.17, 15) is 0 Å². The largest absolute Gasteiger partial charge is 0.439 e. The van der Waals surface area contributed by atoms with Gasteiger partial charge in [0, 0.05) is 36.8 Å². The molecule has 1 saturated heterocycles. The summed E-state index contributed by atoms with van der Waals surface area (Å²) >= 11 is 12.4. The van der Waals surface area contributed by atoms with Crippen molar-refractivity contribution in [1.29, 1.82) is 0 Å². The molecule has 1 aliphatic heterocycles. The molecule has 0 unspecified atom stereocenters. The van der Waals surface area contributed by atoms with Gasteiger partial charge in [0.15, 0.2) is 5.76 Å². The Kier molecular flexibility index (Phi) is 5.16. The van der Waals surface area contributed by atoms with Crippen LogP contribution in [0, 0.1) is 0 Å². The number of oxazole rings is 1. The lowest BCUT2D eigenvalue weighted by Gasteiger charge is -2.35. The number of rotatable bonds is 4. The first-order valence-electron chi connectivity index (χ1n) is 8.61. The zero-order valence-corrected chi connectivity index (χ0v) is 15.7. The molecule has 0 aliphatic carbocycles. The molecule has 4 nitrogen and oxygen atoms in total. The first-order valence-corrected chi connectivity index (χ1v) is 9.37. The Bertz CT molecular complexity index is 888. The smallest absolute Gasteiger partial charge is 0.209 e. The number of benzene rings is 2. The Morgan fingerprint density at radius 2 is 1.77 bits per heavy atom. The Hall–Kier alpha value is -2.01. The molecule has 134 valence electrons. The fourth-order valence-electron chi connectivity index (χ4n) is 3.20. The number of aromatic nitrogens is 1. The number of halogens is 2. The maximum atomic E-state index is 6.31. The summed E-state index contributed by atoms with van der Waals surface area (Å²) in [6.45, 7) is 4.47. The summed E-state index contributed by atoms with van der Waals surface area (Å²) in [6.07, 6.45) is 1.76. The van der Waals surface area contributed by atoms with Crippen molar-refractivity contribution >= 4 is 28.9 Å². The maximum Gasteiger partial charge on any atom is 0.209 e. The summed E-state index contributed by atoms with van der Waals surface area (Å²) in [5, 5.41) is 1.50. The van der Waals surface area contributed by atoms with Crippen LogP contribution in [0.2, 0.25) is 10.0 Å².